The lowest BCUT2D eigenvalue weighted by Gasteiger charge is -2.25. The lowest BCUT2D eigenvalue weighted by Crippen LogP contribution is -2.49. The number of carbonyl (C=O) groups excluding carboxylic acids is 2. The zero-order valence-corrected chi connectivity index (χ0v) is 11.3. The Balaban J connectivity index is 1.73. The molecule has 1 aromatic carbocycles. The molecular weight excluding hydrogens is 291 g/mol. The van der Waals surface area contributed by atoms with Gasteiger partial charge in [0.1, 0.15) is 11.6 Å². The molecule has 1 aliphatic heterocycles. The third-order valence-corrected chi connectivity index (χ3v) is 2.99. The van der Waals surface area contributed by atoms with Gasteiger partial charge in [-0.2, -0.15) is 0 Å². The zero-order chi connectivity index (χ0) is 15.5. The molecule has 7 nitrogen and oxygen atoms in total. The van der Waals surface area contributed by atoms with Gasteiger partial charge in [-0.3, -0.25) is 15.0 Å². The smallest absolute Gasteiger partial charge is 0.328 e. The number of carbonyl (C=O) groups is 2. The van der Waals surface area contributed by atoms with Crippen LogP contribution in [0.15, 0.2) is 36.7 Å². The summed E-state index contributed by atoms with van der Waals surface area (Å²) in [4.78, 5) is 32.1. The number of ether oxygens (including phenoxy) is 1. The molecule has 8 heteroatoms. The Morgan fingerprint density at radius 1 is 1.23 bits per heavy atom. The van der Waals surface area contributed by atoms with Crippen LogP contribution in [0, 0.1) is 5.82 Å². The topological polar surface area (TPSA) is 84.4 Å². The highest BCUT2D eigenvalue weighted by Gasteiger charge is 2.24. The summed E-state index contributed by atoms with van der Waals surface area (Å²) >= 11 is 0. The molecular formula is C14H11FN4O3. The monoisotopic (exact) mass is 302 g/mol. The van der Waals surface area contributed by atoms with Gasteiger partial charge in [0.05, 0.1) is 18.1 Å². The normalized spacial score (nSPS) is 14.7. The Morgan fingerprint density at radius 2 is 2.00 bits per heavy atom. The Hall–Kier alpha value is -3.03. The van der Waals surface area contributed by atoms with Crippen molar-refractivity contribution in [1.29, 1.82) is 0 Å². The second-order valence-electron chi connectivity index (χ2n) is 4.54. The number of imide groups is 1. The van der Waals surface area contributed by atoms with Gasteiger partial charge in [0.15, 0.2) is 0 Å². The van der Waals surface area contributed by atoms with Crippen LogP contribution in [0.5, 0.6) is 11.8 Å². The SMILES string of the molecule is O=C1CCN(c2cnc(Oc3cccc(F)c3)nc2)C(=O)N1. The molecule has 1 N–H and O–H groups in total. The molecule has 1 saturated heterocycles. The lowest BCUT2D eigenvalue weighted by molar-refractivity contribution is -0.120. The minimum absolute atomic E-state index is 0.0304. The number of halogens is 1. The van der Waals surface area contributed by atoms with Crippen molar-refractivity contribution in [1.82, 2.24) is 15.3 Å². The molecule has 1 aromatic heterocycles. The Labute approximate surface area is 124 Å². The van der Waals surface area contributed by atoms with Crippen LogP contribution in [0.3, 0.4) is 0 Å². The number of rotatable bonds is 3. The van der Waals surface area contributed by atoms with Crippen molar-refractivity contribution in [2.75, 3.05) is 11.4 Å². The van der Waals surface area contributed by atoms with Crippen molar-refractivity contribution < 1.29 is 18.7 Å². The molecule has 0 saturated carbocycles. The predicted molar refractivity (Wildman–Crippen MR) is 74.0 cm³/mol. The van der Waals surface area contributed by atoms with Crippen molar-refractivity contribution in [3.63, 3.8) is 0 Å². The van der Waals surface area contributed by atoms with E-state index in [2.05, 4.69) is 15.3 Å². The summed E-state index contributed by atoms with van der Waals surface area (Å²) in [6.45, 7) is 0.262. The quantitative estimate of drug-likeness (QED) is 0.935. The van der Waals surface area contributed by atoms with E-state index in [1.54, 1.807) is 6.07 Å². The number of hydrogen-bond donors (Lipinski definition) is 1. The van der Waals surface area contributed by atoms with Gasteiger partial charge in [0, 0.05) is 19.0 Å². The Morgan fingerprint density at radius 3 is 2.68 bits per heavy atom. The summed E-state index contributed by atoms with van der Waals surface area (Å²) in [6.07, 6.45) is 3.02. The zero-order valence-electron chi connectivity index (χ0n) is 11.3. The van der Waals surface area contributed by atoms with Crippen LogP contribution in [0.2, 0.25) is 0 Å². The van der Waals surface area contributed by atoms with E-state index < -0.39 is 11.8 Å². The number of anilines is 1. The van der Waals surface area contributed by atoms with Crippen LogP contribution >= 0.6 is 0 Å². The fraction of sp³-hybridized carbons (Fsp3) is 0.143. The second-order valence-corrected chi connectivity index (χ2v) is 4.54. The molecule has 0 aliphatic carbocycles. The maximum absolute atomic E-state index is 13.1. The summed E-state index contributed by atoms with van der Waals surface area (Å²) in [5.41, 5.74) is 0.441. The van der Waals surface area contributed by atoms with Gasteiger partial charge in [0.2, 0.25) is 5.91 Å². The number of hydrogen-bond acceptors (Lipinski definition) is 5. The molecule has 0 radical (unpaired) electrons. The lowest BCUT2D eigenvalue weighted by atomic mass is 10.3. The second kappa shape index (κ2) is 5.76. The first-order valence-electron chi connectivity index (χ1n) is 6.48. The highest BCUT2D eigenvalue weighted by atomic mass is 19.1. The van der Waals surface area contributed by atoms with E-state index in [9.17, 15) is 14.0 Å². The van der Waals surface area contributed by atoms with Crippen LogP contribution in [-0.4, -0.2) is 28.5 Å². The van der Waals surface area contributed by atoms with E-state index in [4.69, 9.17) is 4.74 Å². The van der Waals surface area contributed by atoms with Crippen LogP contribution < -0.4 is 15.0 Å². The van der Waals surface area contributed by atoms with Gasteiger partial charge >= 0.3 is 12.0 Å². The van der Waals surface area contributed by atoms with E-state index in [0.29, 0.717) is 5.69 Å². The molecule has 0 bridgehead atoms. The van der Waals surface area contributed by atoms with Crippen LogP contribution in [-0.2, 0) is 4.79 Å². The van der Waals surface area contributed by atoms with Gasteiger partial charge in [-0.05, 0) is 12.1 Å². The third kappa shape index (κ3) is 3.00. The summed E-state index contributed by atoms with van der Waals surface area (Å²) in [7, 11) is 0. The molecule has 2 heterocycles. The fourth-order valence-electron chi connectivity index (χ4n) is 1.95. The minimum Gasteiger partial charge on any atom is -0.424 e. The first kappa shape index (κ1) is 13.9. The number of nitrogens with zero attached hydrogens (tertiary/aromatic N) is 3. The summed E-state index contributed by atoms with van der Waals surface area (Å²) in [6, 6.07) is 5.10. The van der Waals surface area contributed by atoms with Crippen LogP contribution in [0.25, 0.3) is 0 Å². The van der Waals surface area contributed by atoms with E-state index in [0.717, 1.165) is 0 Å². The molecule has 0 unspecified atom stereocenters. The third-order valence-electron chi connectivity index (χ3n) is 2.99. The fourth-order valence-corrected chi connectivity index (χ4v) is 1.95. The van der Waals surface area contributed by atoms with Crippen LogP contribution in [0.1, 0.15) is 6.42 Å². The van der Waals surface area contributed by atoms with Crippen molar-refractivity contribution in [3.05, 3.63) is 42.5 Å². The summed E-state index contributed by atoms with van der Waals surface area (Å²) < 4.78 is 18.4. The van der Waals surface area contributed by atoms with Gasteiger partial charge in [-0.15, -0.1) is 0 Å². The van der Waals surface area contributed by atoms with Crippen molar-refractivity contribution in [3.8, 4) is 11.8 Å². The van der Waals surface area contributed by atoms with E-state index >= 15 is 0 Å². The number of urea groups is 1. The van der Waals surface area contributed by atoms with Crippen molar-refractivity contribution >= 4 is 17.6 Å². The molecule has 1 fully saturated rings. The molecule has 0 atom stereocenters. The highest BCUT2D eigenvalue weighted by Crippen LogP contribution is 2.20. The summed E-state index contributed by atoms with van der Waals surface area (Å²) in [5, 5.41) is 2.21. The first-order chi connectivity index (χ1) is 10.6. The predicted octanol–water partition coefficient (Wildman–Crippen LogP) is 1.85. The molecule has 1 aliphatic rings. The number of benzene rings is 1. The van der Waals surface area contributed by atoms with Crippen molar-refractivity contribution in [2.45, 2.75) is 6.42 Å². The minimum atomic E-state index is -0.515. The van der Waals surface area contributed by atoms with E-state index in [1.165, 1.54) is 35.5 Å². The average Bonchev–Trinajstić information content (AvgIpc) is 2.48. The Kier molecular flexibility index (Phi) is 3.65. The first-order valence-corrected chi connectivity index (χ1v) is 6.48. The number of amides is 3. The molecule has 2 aromatic rings. The number of nitrogens with one attached hydrogen (secondary N) is 1. The van der Waals surface area contributed by atoms with E-state index in [1.807, 2.05) is 0 Å². The van der Waals surface area contributed by atoms with Gasteiger partial charge < -0.3 is 4.74 Å². The van der Waals surface area contributed by atoms with Crippen molar-refractivity contribution in [2.24, 2.45) is 0 Å². The maximum Gasteiger partial charge on any atom is 0.328 e. The molecule has 3 amide bonds. The summed E-state index contributed by atoms with van der Waals surface area (Å²) in [5.74, 6) is -0.467. The average molecular weight is 302 g/mol. The highest BCUT2D eigenvalue weighted by molar-refractivity contribution is 6.05. The molecule has 112 valence electrons. The van der Waals surface area contributed by atoms with Gasteiger partial charge in [0.25, 0.3) is 0 Å². The van der Waals surface area contributed by atoms with Gasteiger partial charge in [-0.25, -0.2) is 19.2 Å². The van der Waals surface area contributed by atoms with Gasteiger partial charge in [-0.1, -0.05) is 6.07 Å². The maximum atomic E-state index is 13.1. The Bertz CT molecular complexity index is 720. The molecule has 22 heavy (non-hydrogen) atoms. The largest absolute Gasteiger partial charge is 0.424 e. The van der Waals surface area contributed by atoms with E-state index in [-0.39, 0.29) is 30.6 Å². The van der Waals surface area contributed by atoms with Crippen LogP contribution in [0.4, 0.5) is 14.9 Å². The standard InChI is InChI=1S/C14H11FN4O3/c15-9-2-1-3-11(6-9)22-13-16-7-10(8-17-13)19-5-4-12(20)18-14(19)21/h1-3,6-8H,4-5H2,(H,18,20,21). The molecule has 0 spiro atoms. The molecule has 3 rings (SSSR count). The number of aromatic nitrogens is 2.